The van der Waals surface area contributed by atoms with Gasteiger partial charge in [-0.3, -0.25) is 9.59 Å². The summed E-state index contributed by atoms with van der Waals surface area (Å²) in [7, 11) is 0. The molecule has 140 valence electrons. The van der Waals surface area contributed by atoms with Crippen LogP contribution in [-0.4, -0.2) is 30.3 Å². The zero-order chi connectivity index (χ0) is 19.3. The van der Waals surface area contributed by atoms with Gasteiger partial charge in [-0.2, -0.15) is 0 Å². The Balaban J connectivity index is 1.34. The number of carbonyl (C=O) groups excluding carboxylic acids is 2. The summed E-state index contributed by atoms with van der Waals surface area (Å²) in [5.74, 6) is 0.199. The van der Waals surface area contributed by atoms with Crippen LogP contribution in [0.1, 0.15) is 15.9 Å². The first-order chi connectivity index (χ1) is 13.8. The standard InChI is InChI=1S/C23H20N2O3/c26-14-20-18-6-2-1-5-16(18)9-10-22(20)28-15-23(27)24-12-11-17-13-25-21-8-4-3-7-19(17)21/h1-10,13-14,25H,11-12,15H2,(H,24,27). The van der Waals surface area contributed by atoms with E-state index in [1.54, 1.807) is 6.07 Å². The van der Waals surface area contributed by atoms with E-state index in [4.69, 9.17) is 4.74 Å². The van der Waals surface area contributed by atoms with Gasteiger partial charge in [0.1, 0.15) is 5.75 Å². The maximum atomic E-state index is 12.1. The third-order valence-corrected chi connectivity index (χ3v) is 4.80. The van der Waals surface area contributed by atoms with Crippen molar-refractivity contribution in [2.24, 2.45) is 0 Å². The molecule has 5 nitrogen and oxygen atoms in total. The van der Waals surface area contributed by atoms with Crippen LogP contribution in [0.5, 0.6) is 5.75 Å². The van der Waals surface area contributed by atoms with E-state index in [0.717, 1.165) is 34.6 Å². The summed E-state index contributed by atoms with van der Waals surface area (Å²) in [4.78, 5) is 26.9. The lowest BCUT2D eigenvalue weighted by Crippen LogP contribution is -2.30. The summed E-state index contributed by atoms with van der Waals surface area (Å²) in [5.41, 5.74) is 2.71. The van der Waals surface area contributed by atoms with Crippen molar-refractivity contribution in [2.75, 3.05) is 13.2 Å². The predicted molar refractivity (Wildman–Crippen MR) is 110 cm³/mol. The average molecular weight is 372 g/mol. The third-order valence-electron chi connectivity index (χ3n) is 4.80. The van der Waals surface area contributed by atoms with Gasteiger partial charge in [0.15, 0.2) is 12.9 Å². The molecule has 0 saturated carbocycles. The Kier molecular flexibility index (Phi) is 5.06. The number of amides is 1. The summed E-state index contributed by atoms with van der Waals surface area (Å²) in [6, 6.07) is 19.3. The molecule has 0 spiro atoms. The van der Waals surface area contributed by atoms with Gasteiger partial charge in [0.25, 0.3) is 5.91 Å². The number of rotatable bonds is 7. The highest BCUT2D eigenvalue weighted by molar-refractivity contribution is 6.00. The fourth-order valence-corrected chi connectivity index (χ4v) is 3.39. The first-order valence-corrected chi connectivity index (χ1v) is 9.17. The maximum Gasteiger partial charge on any atom is 0.257 e. The van der Waals surface area contributed by atoms with Crippen LogP contribution in [0.15, 0.2) is 66.9 Å². The van der Waals surface area contributed by atoms with Crippen LogP contribution in [0.2, 0.25) is 0 Å². The fraction of sp³-hybridized carbons (Fsp3) is 0.130. The Labute approximate surface area is 162 Å². The fourth-order valence-electron chi connectivity index (χ4n) is 3.39. The minimum Gasteiger partial charge on any atom is -0.483 e. The third kappa shape index (κ3) is 3.60. The van der Waals surface area contributed by atoms with Gasteiger partial charge in [-0.05, 0) is 34.9 Å². The monoisotopic (exact) mass is 372 g/mol. The maximum absolute atomic E-state index is 12.1. The van der Waals surface area contributed by atoms with Crippen LogP contribution in [0, 0.1) is 0 Å². The Morgan fingerprint density at radius 1 is 1.00 bits per heavy atom. The molecule has 0 saturated heterocycles. The van der Waals surface area contributed by atoms with Crippen LogP contribution in [0.3, 0.4) is 0 Å². The molecule has 28 heavy (non-hydrogen) atoms. The topological polar surface area (TPSA) is 71.2 Å². The largest absolute Gasteiger partial charge is 0.483 e. The highest BCUT2D eigenvalue weighted by atomic mass is 16.5. The Morgan fingerprint density at radius 2 is 1.79 bits per heavy atom. The summed E-state index contributed by atoms with van der Waals surface area (Å²) < 4.78 is 5.61. The van der Waals surface area contributed by atoms with Gasteiger partial charge in [0.05, 0.1) is 5.56 Å². The number of fused-ring (bicyclic) bond motifs is 2. The molecule has 1 amide bonds. The van der Waals surface area contributed by atoms with Crippen LogP contribution in [-0.2, 0) is 11.2 Å². The van der Waals surface area contributed by atoms with Gasteiger partial charge in [-0.15, -0.1) is 0 Å². The van der Waals surface area contributed by atoms with Crippen molar-refractivity contribution in [3.8, 4) is 5.75 Å². The van der Waals surface area contributed by atoms with Crippen molar-refractivity contribution in [2.45, 2.75) is 6.42 Å². The molecule has 1 heterocycles. The number of carbonyl (C=O) groups is 2. The van der Waals surface area contributed by atoms with Crippen molar-refractivity contribution in [3.63, 3.8) is 0 Å². The Morgan fingerprint density at radius 3 is 2.64 bits per heavy atom. The summed E-state index contributed by atoms with van der Waals surface area (Å²) in [6.45, 7) is 0.384. The molecule has 0 aliphatic carbocycles. The number of hydrogen-bond donors (Lipinski definition) is 2. The molecule has 0 bridgehead atoms. The van der Waals surface area contributed by atoms with Gasteiger partial charge < -0.3 is 15.0 Å². The predicted octanol–water partition coefficient (Wildman–Crippen LogP) is 3.87. The molecule has 0 aliphatic rings. The van der Waals surface area contributed by atoms with E-state index in [9.17, 15) is 9.59 Å². The Hall–Kier alpha value is -3.60. The van der Waals surface area contributed by atoms with Gasteiger partial charge >= 0.3 is 0 Å². The zero-order valence-electron chi connectivity index (χ0n) is 15.3. The van der Waals surface area contributed by atoms with Gasteiger partial charge in [-0.1, -0.05) is 48.5 Å². The summed E-state index contributed by atoms with van der Waals surface area (Å²) >= 11 is 0. The quantitative estimate of drug-likeness (QED) is 0.484. The molecule has 0 aliphatic heterocycles. The van der Waals surface area contributed by atoms with E-state index in [-0.39, 0.29) is 12.5 Å². The highest BCUT2D eigenvalue weighted by Crippen LogP contribution is 2.26. The van der Waals surface area contributed by atoms with Crippen LogP contribution in [0.4, 0.5) is 0 Å². The molecule has 0 fully saturated rings. The second-order valence-electron chi connectivity index (χ2n) is 6.56. The van der Waals surface area contributed by atoms with E-state index >= 15 is 0 Å². The number of nitrogens with one attached hydrogen (secondary N) is 2. The number of aldehydes is 1. The van der Waals surface area contributed by atoms with Gasteiger partial charge in [0, 0.05) is 23.6 Å². The average Bonchev–Trinajstić information content (AvgIpc) is 3.15. The number of para-hydroxylation sites is 1. The first kappa shape index (κ1) is 17.8. The minimum atomic E-state index is -0.218. The summed E-state index contributed by atoms with van der Waals surface area (Å²) in [6.07, 6.45) is 3.47. The van der Waals surface area contributed by atoms with Crippen molar-refractivity contribution >= 4 is 33.9 Å². The number of H-pyrrole nitrogens is 1. The SMILES string of the molecule is O=Cc1c(OCC(=O)NCCc2c[nH]c3ccccc23)ccc2ccccc12. The minimum absolute atomic E-state index is 0.132. The normalized spacial score (nSPS) is 10.9. The molecule has 4 rings (SSSR count). The molecular weight excluding hydrogens is 352 g/mol. The van der Waals surface area contributed by atoms with E-state index in [1.807, 2.05) is 54.7 Å². The molecule has 4 aromatic rings. The lowest BCUT2D eigenvalue weighted by atomic mass is 10.0. The molecule has 3 aromatic carbocycles. The highest BCUT2D eigenvalue weighted by Gasteiger charge is 2.10. The molecule has 0 atom stereocenters. The number of ether oxygens (including phenoxy) is 1. The van der Waals surface area contributed by atoms with Crippen molar-refractivity contribution in [3.05, 3.63) is 78.0 Å². The van der Waals surface area contributed by atoms with Gasteiger partial charge in [0.2, 0.25) is 0 Å². The lowest BCUT2D eigenvalue weighted by molar-refractivity contribution is -0.123. The first-order valence-electron chi connectivity index (χ1n) is 9.17. The summed E-state index contributed by atoms with van der Waals surface area (Å²) in [5, 5.41) is 5.80. The van der Waals surface area contributed by atoms with Gasteiger partial charge in [-0.25, -0.2) is 0 Å². The molecular formula is C23H20N2O3. The van der Waals surface area contributed by atoms with Crippen LogP contribution >= 0.6 is 0 Å². The van der Waals surface area contributed by atoms with E-state index < -0.39 is 0 Å². The van der Waals surface area contributed by atoms with Crippen molar-refractivity contribution < 1.29 is 14.3 Å². The second kappa shape index (κ2) is 7.96. The van der Waals surface area contributed by atoms with Crippen molar-refractivity contribution in [1.29, 1.82) is 0 Å². The van der Waals surface area contributed by atoms with E-state index in [0.29, 0.717) is 17.9 Å². The van der Waals surface area contributed by atoms with E-state index in [2.05, 4.69) is 16.4 Å². The van der Waals surface area contributed by atoms with E-state index in [1.165, 1.54) is 5.39 Å². The molecule has 2 N–H and O–H groups in total. The smallest absolute Gasteiger partial charge is 0.257 e. The lowest BCUT2D eigenvalue weighted by Gasteiger charge is -2.11. The zero-order valence-corrected chi connectivity index (χ0v) is 15.3. The second-order valence-corrected chi connectivity index (χ2v) is 6.56. The molecule has 0 unspecified atom stereocenters. The van der Waals surface area contributed by atoms with Crippen LogP contribution < -0.4 is 10.1 Å². The molecule has 0 radical (unpaired) electrons. The number of aromatic amines is 1. The molecule has 1 aromatic heterocycles. The molecule has 5 heteroatoms. The van der Waals surface area contributed by atoms with Crippen molar-refractivity contribution in [1.82, 2.24) is 10.3 Å². The van der Waals surface area contributed by atoms with Crippen LogP contribution in [0.25, 0.3) is 21.7 Å². The Bertz CT molecular complexity index is 1150. The number of benzene rings is 3. The number of hydrogen-bond acceptors (Lipinski definition) is 3. The number of aromatic nitrogens is 1.